The van der Waals surface area contributed by atoms with E-state index in [2.05, 4.69) is 42.3 Å². The van der Waals surface area contributed by atoms with E-state index in [-0.39, 0.29) is 12.0 Å². The molecule has 7 heteroatoms. The maximum atomic E-state index is 12.6. The van der Waals surface area contributed by atoms with Crippen molar-refractivity contribution in [2.75, 3.05) is 19.6 Å². The molecule has 186 valence electrons. The Morgan fingerprint density at radius 2 is 1.89 bits per heavy atom. The molecule has 6 nitrogen and oxygen atoms in total. The highest BCUT2D eigenvalue weighted by atomic mass is 35.5. The lowest BCUT2D eigenvalue weighted by Gasteiger charge is -2.31. The van der Waals surface area contributed by atoms with Crippen molar-refractivity contribution in [3.63, 3.8) is 0 Å². The molecule has 1 N–H and O–H groups in total. The quantitative estimate of drug-likeness (QED) is 0.444. The molecule has 0 bridgehead atoms. The zero-order chi connectivity index (χ0) is 24.8. The van der Waals surface area contributed by atoms with Crippen LogP contribution in [0.4, 0.5) is 0 Å². The van der Waals surface area contributed by atoms with Crippen molar-refractivity contribution in [1.29, 1.82) is 0 Å². The van der Waals surface area contributed by atoms with E-state index in [1.165, 1.54) is 0 Å². The summed E-state index contributed by atoms with van der Waals surface area (Å²) >= 11 is 6.31. The van der Waals surface area contributed by atoms with Crippen molar-refractivity contribution in [3.05, 3.63) is 76.6 Å². The first-order valence-corrected chi connectivity index (χ1v) is 12.8. The highest BCUT2D eigenvalue weighted by Gasteiger charge is 2.23. The monoisotopic (exact) mass is 494 g/mol. The summed E-state index contributed by atoms with van der Waals surface area (Å²) < 4.78 is 8.10. The second-order valence-electron chi connectivity index (χ2n) is 9.78. The number of ether oxygens (including phenoxy) is 1. The number of para-hydroxylation sites is 1. The van der Waals surface area contributed by atoms with E-state index in [0.29, 0.717) is 24.0 Å². The van der Waals surface area contributed by atoms with Crippen LogP contribution in [0.1, 0.15) is 43.6 Å². The molecule has 35 heavy (non-hydrogen) atoms. The maximum Gasteiger partial charge on any atom is 0.234 e. The van der Waals surface area contributed by atoms with Crippen LogP contribution < -0.4 is 10.1 Å². The van der Waals surface area contributed by atoms with Crippen LogP contribution in [0.3, 0.4) is 0 Å². The Bertz CT molecular complexity index is 1120. The van der Waals surface area contributed by atoms with Gasteiger partial charge in [0.25, 0.3) is 0 Å². The smallest absolute Gasteiger partial charge is 0.234 e. The zero-order valence-corrected chi connectivity index (χ0v) is 21.6. The van der Waals surface area contributed by atoms with Crippen molar-refractivity contribution in [1.82, 2.24) is 20.0 Å². The summed E-state index contributed by atoms with van der Waals surface area (Å²) in [6.45, 7) is 8.87. The molecule has 0 aliphatic carbocycles. The second-order valence-corrected chi connectivity index (χ2v) is 10.2. The Morgan fingerprint density at radius 3 is 2.57 bits per heavy atom. The molecule has 1 aliphatic heterocycles. The van der Waals surface area contributed by atoms with E-state index in [1.54, 1.807) is 0 Å². The molecule has 1 aliphatic rings. The third-order valence-electron chi connectivity index (χ3n) is 6.20. The third-order valence-corrected chi connectivity index (χ3v) is 6.50. The number of halogens is 1. The first-order chi connectivity index (χ1) is 16.9. The lowest BCUT2D eigenvalue weighted by molar-refractivity contribution is -0.122. The van der Waals surface area contributed by atoms with Gasteiger partial charge in [-0.3, -0.25) is 9.69 Å². The number of piperidine rings is 1. The number of benzene rings is 2. The molecule has 0 radical (unpaired) electrons. The molecule has 0 spiro atoms. The van der Waals surface area contributed by atoms with Gasteiger partial charge in [-0.15, -0.1) is 0 Å². The first kappa shape index (κ1) is 25.3. The topological polar surface area (TPSA) is 59.4 Å². The minimum absolute atomic E-state index is 0.0191. The van der Waals surface area contributed by atoms with Gasteiger partial charge in [-0.05, 0) is 68.0 Å². The normalized spacial score (nSPS) is 14.9. The average molecular weight is 495 g/mol. The summed E-state index contributed by atoms with van der Waals surface area (Å²) in [5.74, 6) is 1.27. The van der Waals surface area contributed by atoms with Crippen LogP contribution in [0.15, 0.2) is 54.6 Å². The van der Waals surface area contributed by atoms with Crippen molar-refractivity contribution < 1.29 is 9.53 Å². The van der Waals surface area contributed by atoms with Gasteiger partial charge < -0.3 is 10.1 Å². The number of nitrogens with one attached hydrogen (secondary N) is 1. The highest BCUT2D eigenvalue weighted by molar-refractivity contribution is 6.32. The number of aryl methyl sites for hydroxylation is 1. The summed E-state index contributed by atoms with van der Waals surface area (Å²) in [6, 6.07) is 18.1. The number of likely N-dealkylation sites (tertiary alicyclic amines) is 1. The summed E-state index contributed by atoms with van der Waals surface area (Å²) in [4.78, 5) is 14.8. The number of hydrogen-bond acceptors (Lipinski definition) is 4. The van der Waals surface area contributed by atoms with Gasteiger partial charge in [0, 0.05) is 18.8 Å². The summed E-state index contributed by atoms with van der Waals surface area (Å²) in [7, 11) is 0. The lowest BCUT2D eigenvalue weighted by Crippen LogP contribution is -2.43. The largest absolute Gasteiger partial charge is 0.489 e. The molecule has 4 rings (SSSR count). The number of carbonyl (C=O) groups is 1. The molecular weight excluding hydrogens is 460 g/mol. The van der Waals surface area contributed by atoms with Crippen LogP contribution in [0, 0.1) is 12.8 Å². The Morgan fingerprint density at radius 1 is 1.14 bits per heavy atom. The second kappa shape index (κ2) is 11.7. The average Bonchev–Trinajstić information content (AvgIpc) is 3.23. The number of amides is 1. The van der Waals surface area contributed by atoms with Gasteiger partial charge in [0.05, 0.1) is 29.5 Å². The summed E-state index contributed by atoms with van der Waals surface area (Å²) in [5, 5.41) is 8.48. The molecule has 0 saturated carbocycles. The fourth-order valence-electron chi connectivity index (χ4n) is 4.43. The van der Waals surface area contributed by atoms with Gasteiger partial charge in [-0.1, -0.05) is 49.7 Å². The lowest BCUT2D eigenvalue weighted by atomic mass is 10.1. The van der Waals surface area contributed by atoms with E-state index in [9.17, 15) is 4.79 Å². The van der Waals surface area contributed by atoms with Crippen molar-refractivity contribution in [2.24, 2.45) is 5.92 Å². The molecule has 1 fully saturated rings. The van der Waals surface area contributed by atoms with Crippen LogP contribution in [-0.2, 0) is 17.8 Å². The number of hydrogen-bond donors (Lipinski definition) is 1. The molecule has 2 heterocycles. The first-order valence-electron chi connectivity index (χ1n) is 12.4. The van der Waals surface area contributed by atoms with Gasteiger partial charge in [-0.2, -0.15) is 5.10 Å². The van der Waals surface area contributed by atoms with E-state index in [4.69, 9.17) is 21.4 Å². The molecule has 3 aromatic rings. The highest BCUT2D eigenvalue weighted by Crippen LogP contribution is 2.28. The number of nitrogens with zero attached hydrogens (tertiary/aromatic N) is 3. The third kappa shape index (κ3) is 7.09. The molecule has 1 aromatic heterocycles. The number of carbonyl (C=O) groups excluding carboxylic acids is 1. The summed E-state index contributed by atoms with van der Waals surface area (Å²) in [5.41, 5.74) is 4.19. The minimum atomic E-state index is 0.0191. The standard InChI is InChI=1S/C28H35ClN4O2/c1-20(2)15-24-17-22(31-33(24)23-7-5-4-6-8-23)18-30-28(34)19-32-13-11-25(12-14-32)35-27-10-9-21(3)16-26(27)29/h4-10,16-17,20,25H,11-15,18-19H2,1-3H3,(H,30,34). The van der Waals surface area contributed by atoms with Gasteiger partial charge in [0.1, 0.15) is 11.9 Å². The van der Waals surface area contributed by atoms with Gasteiger partial charge in [0.15, 0.2) is 0 Å². The Balaban J connectivity index is 1.26. The van der Waals surface area contributed by atoms with Crippen LogP contribution in [-0.4, -0.2) is 46.3 Å². The van der Waals surface area contributed by atoms with Gasteiger partial charge in [0.2, 0.25) is 5.91 Å². The predicted octanol–water partition coefficient (Wildman–Crippen LogP) is 5.19. The van der Waals surface area contributed by atoms with E-state index in [1.807, 2.05) is 48.0 Å². The number of rotatable bonds is 9. The van der Waals surface area contributed by atoms with Crippen LogP contribution in [0.25, 0.3) is 5.69 Å². The van der Waals surface area contributed by atoms with Gasteiger partial charge in [-0.25, -0.2) is 4.68 Å². The van der Waals surface area contributed by atoms with E-state index >= 15 is 0 Å². The van der Waals surface area contributed by atoms with Crippen LogP contribution >= 0.6 is 11.6 Å². The minimum Gasteiger partial charge on any atom is -0.489 e. The Hall–Kier alpha value is -2.83. The molecule has 2 aromatic carbocycles. The molecular formula is C28H35ClN4O2. The zero-order valence-electron chi connectivity index (χ0n) is 20.8. The van der Waals surface area contributed by atoms with E-state index in [0.717, 1.165) is 60.7 Å². The maximum absolute atomic E-state index is 12.6. The Kier molecular flexibility index (Phi) is 8.47. The fourth-order valence-corrected chi connectivity index (χ4v) is 4.71. The fraction of sp³-hybridized carbons (Fsp3) is 0.429. The van der Waals surface area contributed by atoms with Gasteiger partial charge >= 0.3 is 0 Å². The molecule has 0 atom stereocenters. The molecule has 0 unspecified atom stereocenters. The molecule has 1 saturated heterocycles. The predicted molar refractivity (Wildman–Crippen MR) is 140 cm³/mol. The van der Waals surface area contributed by atoms with E-state index < -0.39 is 0 Å². The number of aromatic nitrogens is 2. The molecule has 1 amide bonds. The Labute approximate surface area is 213 Å². The van der Waals surface area contributed by atoms with Crippen LogP contribution in [0.5, 0.6) is 5.75 Å². The van der Waals surface area contributed by atoms with Crippen molar-refractivity contribution in [3.8, 4) is 11.4 Å². The van der Waals surface area contributed by atoms with Crippen molar-refractivity contribution >= 4 is 17.5 Å². The van der Waals surface area contributed by atoms with Crippen molar-refractivity contribution in [2.45, 2.75) is 52.7 Å². The SMILES string of the molecule is Cc1ccc(OC2CCN(CC(=O)NCc3cc(CC(C)C)n(-c4ccccc4)n3)CC2)c(Cl)c1. The van der Waals surface area contributed by atoms with Crippen LogP contribution in [0.2, 0.25) is 5.02 Å². The summed E-state index contributed by atoms with van der Waals surface area (Å²) in [6.07, 6.45) is 2.80.